The van der Waals surface area contributed by atoms with Crippen molar-refractivity contribution in [1.82, 2.24) is 5.32 Å². The SMILES string of the molecule is COc1cc(CNC(=O)C(C)(C)C)c(OC)cc1C. The van der Waals surface area contributed by atoms with Gasteiger partial charge in [0.15, 0.2) is 0 Å². The number of hydrogen-bond donors (Lipinski definition) is 1. The Hall–Kier alpha value is -1.71. The third-order valence-corrected chi connectivity index (χ3v) is 2.92. The maximum atomic E-state index is 11.9. The molecule has 0 unspecified atom stereocenters. The fourth-order valence-corrected chi connectivity index (χ4v) is 1.69. The van der Waals surface area contributed by atoms with Crippen LogP contribution < -0.4 is 14.8 Å². The molecule has 1 amide bonds. The molecule has 0 aliphatic heterocycles. The number of rotatable bonds is 4. The number of nitrogens with one attached hydrogen (secondary N) is 1. The predicted octanol–water partition coefficient (Wildman–Crippen LogP) is 2.67. The number of carbonyl (C=O) groups excluding carboxylic acids is 1. The Kier molecular flexibility index (Phi) is 4.81. The molecule has 0 aromatic heterocycles. The van der Waals surface area contributed by atoms with Gasteiger partial charge in [0.1, 0.15) is 11.5 Å². The van der Waals surface area contributed by atoms with Gasteiger partial charge in [-0.05, 0) is 24.6 Å². The molecule has 0 aliphatic carbocycles. The van der Waals surface area contributed by atoms with Crippen molar-refractivity contribution in [2.75, 3.05) is 14.2 Å². The zero-order chi connectivity index (χ0) is 14.6. The molecule has 0 saturated carbocycles. The Labute approximate surface area is 115 Å². The molecule has 1 N–H and O–H groups in total. The fraction of sp³-hybridized carbons (Fsp3) is 0.533. The standard InChI is InChI=1S/C15H23NO3/c1-10-7-13(19-6)11(8-12(10)18-5)9-16-14(17)15(2,3)4/h7-8H,9H2,1-6H3,(H,16,17). The molecule has 0 atom stereocenters. The Morgan fingerprint density at radius 1 is 1.16 bits per heavy atom. The van der Waals surface area contributed by atoms with Crippen LogP contribution in [0.1, 0.15) is 31.9 Å². The van der Waals surface area contributed by atoms with Gasteiger partial charge in [0.05, 0.1) is 14.2 Å². The number of methoxy groups -OCH3 is 2. The summed E-state index contributed by atoms with van der Waals surface area (Å²) >= 11 is 0. The Balaban J connectivity index is 2.91. The van der Waals surface area contributed by atoms with Gasteiger partial charge >= 0.3 is 0 Å². The second kappa shape index (κ2) is 5.95. The number of ether oxygens (including phenoxy) is 2. The monoisotopic (exact) mass is 265 g/mol. The summed E-state index contributed by atoms with van der Waals surface area (Å²) in [4.78, 5) is 11.9. The van der Waals surface area contributed by atoms with Crippen LogP contribution in [0.5, 0.6) is 11.5 Å². The summed E-state index contributed by atoms with van der Waals surface area (Å²) in [6, 6.07) is 3.81. The van der Waals surface area contributed by atoms with Gasteiger partial charge in [-0.15, -0.1) is 0 Å². The van der Waals surface area contributed by atoms with Gasteiger partial charge in [-0.2, -0.15) is 0 Å². The highest BCUT2D eigenvalue weighted by Crippen LogP contribution is 2.28. The number of aryl methyl sites for hydroxylation is 1. The minimum absolute atomic E-state index is 0.00842. The van der Waals surface area contributed by atoms with E-state index in [0.717, 1.165) is 22.6 Å². The average Bonchev–Trinajstić information content (AvgIpc) is 2.35. The van der Waals surface area contributed by atoms with Crippen LogP contribution in [0.15, 0.2) is 12.1 Å². The molecular weight excluding hydrogens is 242 g/mol. The molecule has 1 aromatic rings. The molecule has 19 heavy (non-hydrogen) atoms. The van der Waals surface area contributed by atoms with Crippen molar-refractivity contribution in [3.63, 3.8) is 0 Å². The predicted molar refractivity (Wildman–Crippen MR) is 75.6 cm³/mol. The molecule has 1 rings (SSSR count). The minimum atomic E-state index is -0.401. The molecule has 0 radical (unpaired) electrons. The van der Waals surface area contributed by atoms with Gasteiger partial charge in [0, 0.05) is 17.5 Å². The van der Waals surface area contributed by atoms with Crippen LogP contribution in [0.2, 0.25) is 0 Å². The summed E-state index contributed by atoms with van der Waals surface area (Å²) in [5.74, 6) is 1.56. The highest BCUT2D eigenvalue weighted by Gasteiger charge is 2.21. The topological polar surface area (TPSA) is 47.6 Å². The third-order valence-electron chi connectivity index (χ3n) is 2.92. The third kappa shape index (κ3) is 3.88. The molecule has 4 heteroatoms. The van der Waals surface area contributed by atoms with Gasteiger partial charge in [-0.1, -0.05) is 20.8 Å². The summed E-state index contributed by atoms with van der Waals surface area (Å²) in [5.41, 5.74) is 1.51. The van der Waals surface area contributed by atoms with E-state index in [1.165, 1.54) is 0 Å². The Morgan fingerprint density at radius 3 is 2.21 bits per heavy atom. The van der Waals surface area contributed by atoms with Crippen molar-refractivity contribution in [3.05, 3.63) is 23.3 Å². The van der Waals surface area contributed by atoms with Crippen LogP contribution >= 0.6 is 0 Å². The van der Waals surface area contributed by atoms with E-state index in [2.05, 4.69) is 5.32 Å². The molecule has 0 aliphatic rings. The molecule has 0 fully saturated rings. The molecule has 0 bridgehead atoms. The lowest BCUT2D eigenvalue weighted by Gasteiger charge is -2.19. The first-order chi connectivity index (χ1) is 8.79. The summed E-state index contributed by atoms with van der Waals surface area (Å²) in [5, 5.41) is 2.91. The van der Waals surface area contributed by atoms with Crippen LogP contribution in [-0.2, 0) is 11.3 Å². The Morgan fingerprint density at radius 2 is 1.74 bits per heavy atom. The second-order valence-corrected chi connectivity index (χ2v) is 5.57. The molecular formula is C15H23NO3. The second-order valence-electron chi connectivity index (χ2n) is 5.57. The van der Waals surface area contributed by atoms with Crippen molar-refractivity contribution < 1.29 is 14.3 Å². The molecule has 0 spiro atoms. The molecule has 4 nitrogen and oxygen atoms in total. The summed E-state index contributed by atoms with van der Waals surface area (Å²) in [6.07, 6.45) is 0. The van der Waals surface area contributed by atoms with Gasteiger partial charge in [0.2, 0.25) is 5.91 Å². The summed E-state index contributed by atoms with van der Waals surface area (Å²) in [7, 11) is 3.25. The van der Waals surface area contributed by atoms with E-state index in [1.807, 2.05) is 39.8 Å². The lowest BCUT2D eigenvalue weighted by atomic mass is 9.95. The van der Waals surface area contributed by atoms with Gasteiger partial charge in [-0.25, -0.2) is 0 Å². The van der Waals surface area contributed by atoms with Crippen molar-refractivity contribution in [2.24, 2.45) is 5.41 Å². The first-order valence-corrected chi connectivity index (χ1v) is 6.29. The maximum absolute atomic E-state index is 11.9. The maximum Gasteiger partial charge on any atom is 0.225 e. The lowest BCUT2D eigenvalue weighted by molar-refractivity contribution is -0.128. The van der Waals surface area contributed by atoms with E-state index in [-0.39, 0.29) is 5.91 Å². The summed E-state index contributed by atoms with van der Waals surface area (Å²) in [6.45, 7) is 8.04. The smallest absolute Gasteiger partial charge is 0.225 e. The van der Waals surface area contributed by atoms with Crippen molar-refractivity contribution in [2.45, 2.75) is 34.2 Å². The van der Waals surface area contributed by atoms with Crippen molar-refractivity contribution in [3.8, 4) is 11.5 Å². The lowest BCUT2D eigenvalue weighted by Crippen LogP contribution is -2.34. The van der Waals surface area contributed by atoms with Crippen molar-refractivity contribution >= 4 is 5.91 Å². The zero-order valence-electron chi connectivity index (χ0n) is 12.6. The number of amides is 1. The fourth-order valence-electron chi connectivity index (χ4n) is 1.69. The number of carbonyl (C=O) groups is 1. The normalized spacial score (nSPS) is 11.1. The van der Waals surface area contributed by atoms with Gasteiger partial charge in [-0.3, -0.25) is 4.79 Å². The molecule has 0 heterocycles. The van der Waals surface area contributed by atoms with E-state index in [9.17, 15) is 4.79 Å². The van der Waals surface area contributed by atoms with E-state index in [4.69, 9.17) is 9.47 Å². The molecule has 1 aromatic carbocycles. The minimum Gasteiger partial charge on any atom is -0.496 e. The first kappa shape index (κ1) is 15.3. The van der Waals surface area contributed by atoms with Crippen LogP contribution in [0.25, 0.3) is 0 Å². The van der Waals surface area contributed by atoms with E-state index in [0.29, 0.717) is 6.54 Å². The first-order valence-electron chi connectivity index (χ1n) is 6.29. The van der Waals surface area contributed by atoms with Crippen LogP contribution in [0, 0.1) is 12.3 Å². The van der Waals surface area contributed by atoms with Crippen LogP contribution in [-0.4, -0.2) is 20.1 Å². The summed E-state index contributed by atoms with van der Waals surface area (Å²) < 4.78 is 10.6. The molecule has 0 saturated heterocycles. The van der Waals surface area contributed by atoms with E-state index < -0.39 is 5.41 Å². The van der Waals surface area contributed by atoms with Crippen LogP contribution in [0.4, 0.5) is 0 Å². The van der Waals surface area contributed by atoms with Gasteiger partial charge in [0.25, 0.3) is 0 Å². The number of hydrogen-bond acceptors (Lipinski definition) is 3. The highest BCUT2D eigenvalue weighted by atomic mass is 16.5. The van der Waals surface area contributed by atoms with Crippen LogP contribution in [0.3, 0.4) is 0 Å². The van der Waals surface area contributed by atoms with Crippen molar-refractivity contribution in [1.29, 1.82) is 0 Å². The highest BCUT2D eigenvalue weighted by molar-refractivity contribution is 5.81. The Bertz CT molecular complexity index is 461. The van der Waals surface area contributed by atoms with E-state index >= 15 is 0 Å². The number of benzene rings is 1. The van der Waals surface area contributed by atoms with E-state index in [1.54, 1.807) is 14.2 Å². The average molecular weight is 265 g/mol. The quantitative estimate of drug-likeness (QED) is 0.910. The molecule has 106 valence electrons. The van der Waals surface area contributed by atoms with Gasteiger partial charge < -0.3 is 14.8 Å². The zero-order valence-corrected chi connectivity index (χ0v) is 12.6. The largest absolute Gasteiger partial charge is 0.496 e.